The molecule has 2 aromatic rings. The van der Waals surface area contributed by atoms with Gasteiger partial charge < -0.3 is 14.1 Å². The lowest BCUT2D eigenvalue weighted by Crippen LogP contribution is -2.52. The van der Waals surface area contributed by atoms with Crippen LogP contribution in [-0.4, -0.2) is 49.0 Å². The van der Waals surface area contributed by atoms with Gasteiger partial charge in [-0.15, -0.1) is 0 Å². The third kappa shape index (κ3) is 4.10. The van der Waals surface area contributed by atoms with Crippen LogP contribution >= 0.6 is 0 Å². The molecule has 5 nitrogen and oxygen atoms in total. The van der Waals surface area contributed by atoms with E-state index in [1.54, 1.807) is 13.4 Å². The highest BCUT2D eigenvalue weighted by Gasteiger charge is 2.33. The summed E-state index contributed by atoms with van der Waals surface area (Å²) in [6.45, 7) is 0.763. The van der Waals surface area contributed by atoms with Crippen molar-refractivity contribution in [3.8, 4) is 5.75 Å². The first kappa shape index (κ1) is 18.5. The number of benzene rings is 1. The van der Waals surface area contributed by atoms with E-state index in [9.17, 15) is 4.79 Å². The quantitative estimate of drug-likeness (QED) is 0.790. The van der Waals surface area contributed by atoms with E-state index in [0.29, 0.717) is 11.6 Å². The maximum Gasteiger partial charge on any atom is 0.253 e. The van der Waals surface area contributed by atoms with Crippen LogP contribution in [0.5, 0.6) is 5.75 Å². The van der Waals surface area contributed by atoms with Gasteiger partial charge in [0.05, 0.1) is 19.9 Å². The van der Waals surface area contributed by atoms with Gasteiger partial charge in [-0.3, -0.25) is 9.69 Å². The van der Waals surface area contributed by atoms with Gasteiger partial charge in [0.25, 0.3) is 5.91 Å². The van der Waals surface area contributed by atoms with Gasteiger partial charge in [0.15, 0.2) is 0 Å². The second kappa shape index (κ2) is 8.41. The molecule has 0 bridgehead atoms. The molecule has 0 radical (unpaired) electrons. The number of rotatable bonds is 6. The SMILES string of the molecule is COc1ccc(C(=O)N(C)C2CCCCC2N(C)Cc2ccco2)cc1. The normalized spacial score (nSPS) is 20.2. The van der Waals surface area contributed by atoms with Gasteiger partial charge in [-0.25, -0.2) is 0 Å². The minimum Gasteiger partial charge on any atom is -0.497 e. The van der Waals surface area contributed by atoms with E-state index in [1.807, 2.05) is 48.3 Å². The average molecular weight is 356 g/mol. The molecule has 2 atom stereocenters. The Bertz CT molecular complexity index is 697. The number of hydrogen-bond acceptors (Lipinski definition) is 4. The number of nitrogens with zero attached hydrogens (tertiary/aromatic N) is 2. The fraction of sp³-hybridized carbons (Fsp3) is 0.476. The summed E-state index contributed by atoms with van der Waals surface area (Å²) in [5.74, 6) is 1.79. The van der Waals surface area contributed by atoms with Crippen molar-refractivity contribution in [1.29, 1.82) is 0 Å². The van der Waals surface area contributed by atoms with Crippen molar-refractivity contribution in [2.75, 3.05) is 21.2 Å². The van der Waals surface area contributed by atoms with Gasteiger partial charge in [-0.2, -0.15) is 0 Å². The molecule has 1 aromatic carbocycles. The lowest BCUT2D eigenvalue weighted by Gasteiger charge is -2.42. The number of carbonyl (C=O) groups excluding carboxylic acids is 1. The Kier molecular flexibility index (Phi) is 5.99. The molecular formula is C21H28N2O3. The number of carbonyl (C=O) groups is 1. The highest BCUT2D eigenvalue weighted by atomic mass is 16.5. The topological polar surface area (TPSA) is 45.9 Å². The van der Waals surface area contributed by atoms with Crippen LogP contribution in [0.25, 0.3) is 0 Å². The Morgan fingerprint density at radius 3 is 2.42 bits per heavy atom. The minimum absolute atomic E-state index is 0.0657. The lowest BCUT2D eigenvalue weighted by atomic mass is 9.88. The van der Waals surface area contributed by atoms with E-state index in [0.717, 1.165) is 37.3 Å². The van der Waals surface area contributed by atoms with Gasteiger partial charge >= 0.3 is 0 Å². The molecule has 1 aliphatic carbocycles. The van der Waals surface area contributed by atoms with Gasteiger partial charge in [0.1, 0.15) is 11.5 Å². The van der Waals surface area contributed by atoms with Crippen LogP contribution in [0.4, 0.5) is 0 Å². The fourth-order valence-electron chi connectivity index (χ4n) is 3.91. The molecule has 1 aromatic heterocycles. The van der Waals surface area contributed by atoms with E-state index in [1.165, 1.54) is 6.42 Å². The van der Waals surface area contributed by atoms with E-state index >= 15 is 0 Å². The number of methoxy groups -OCH3 is 1. The Balaban J connectivity index is 1.71. The standard InChI is InChI=1S/C21H28N2O3/c1-22(15-18-7-6-14-26-18)19-8-4-5-9-20(19)23(2)21(24)16-10-12-17(25-3)13-11-16/h6-7,10-14,19-20H,4-5,8-9,15H2,1-3H3. The molecule has 1 fully saturated rings. The molecule has 1 amide bonds. The van der Waals surface area contributed by atoms with Crippen LogP contribution in [0.3, 0.4) is 0 Å². The molecule has 140 valence electrons. The summed E-state index contributed by atoms with van der Waals surface area (Å²) in [6, 6.07) is 11.8. The second-order valence-corrected chi connectivity index (χ2v) is 7.06. The average Bonchev–Trinajstić information content (AvgIpc) is 3.20. The molecular weight excluding hydrogens is 328 g/mol. The molecule has 0 aliphatic heterocycles. The lowest BCUT2D eigenvalue weighted by molar-refractivity contribution is 0.0473. The Morgan fingerprint density at radius 1 is 1.12 bits per heavy atom. The molecule has 0 N–H and O–H groups in total. The summed E-state index contributed by atoms with van der Waals surface area (Å²) in [5.41, 5.74) is 0.700. The highest BCUT2D eigenvalue weighted by Crippen LogP contribution is 2.28. The molecule has 0 saturated heterocycles. The van der Waals surface area contributed by atoms with Crippen molar-refractivity contribution in [3.63, 3.8) is 0 Å². The zero-order valence-corrected chi connectivity index (χ0v) is 15.9. The summed E-state index contributed by atoms with van der Waals surface area (Å²) in [6.07, 6.45) is 6.21. The van der Waals surface area contributed by atoms with Crippen LogP contribution in [0, 0.1) is 0 Å². The van der Waals surface area contributed by atoms with Crippen molar-refractivity contribution in [2.45, 2.75) is 44.3 Å². The number of ether oxygens (including phenoxy) is 1. The molecule has 1 saturated carbocycles. The molecule has 3 rings (SSSR count). The molecule has 26 heavy (non-hydrogen) atoms. The van der Waals surface area contributed by atoms with E-state index in [4.69, 9.17) is 9.15 Å². The van der Waals surface area contributed by atoms with Crippen molar-refractivity contribution < 1.29 is 13.9 Å². The zero-order chi connectivity index (χ0) is 18.5. The Labute approximate surface area is 155 Å². The number of furan rings is 1. The summed E-state index contributed by atoms with van der Waals surface area (Å²) in [4.78, 5) is 17.2. The first-order valence-corrected chi connectivity index (χ1v) is 9.24. The largest absolute Gasteiger partial charge is 0.497 e. The van der Waals surface area contributed by atoms with E-state index in [-0.39, 0.29) is 11.9 Å². The Hall–Kier alpha value is -2.27. The summed E-state index contributed by atoms with van der Waals surface area (Å²) in [5, 5.41) is 0. The Morgan fingerprint density at radius 2 is 1.81 bits per heavy atom. The maximum atomic E-state index is 13.0. The fourth-order valence-corrected chi connectivity index (χ4v) is 3.91. The maximum absolute atomic E-state index is 13.0. The predicted molar refractivity (Wildman–Crippen MR) is 101 cm³/mol. The first-order valence-electron chi connectivity index (χ1n) is 9.24. The highest BCUT2D eigenvalue weighted by molar-refractivity contribution is 5.94. The summed E-state index contributed by atoms with van der Waals surface area (Å²) >= 11 is 0. The summed E-state index contributed by atoms with van der Waals surface area (Å²) in [7, 11) is 5.68. The van der Waals surface area contributed by atoms with Crippen LogP contribution in [0.15, 0.2) is 47.1 Å². The third-order valence-corrected chi connectivity index (χ3v) is 5.40. The first-order chi connectivity index (χ1) is 12.6. The van der Waals surface area contributed by atoms with Crippen molar-refractivity contribution in [3.05, 3.63) is 54.0 Å². The number of likely N-dealkylation sites (N-methyl/N-ethyl adjacent to an activating group) is 2. The summed E-state index contributed by atoms with van der Waals surface area (Å²) < 4.78 is 10.7. The van der Waals surface area contributed by atoms with Gasteiger partial charge in [0, 0.05) is 24.7 Å². The molecule has 1 heterocycles. The minimum atomic E-state index is 0.0657. The molecule has 5 heteroatoms. The van der Waals surface area contributed by atoms with Gasteiger partial charge in [-0.05, 0) is 56.3 Å². The molecule has 2 unspecified atom stereocenters. The van der Waals surface area contributed by atoms with Crippen LogP contribution in [0.1, 0.15) is 41.8 Å². The van der Waals surface area contributed by atoms with Crippen molar-refractivity contribution in [1.82, 2.24) is 9.80 Å². The second-order valence-electron chi connectivity index (χ2n) is 7.06. The van der Waals surface area contributed by atoms with Crippen LogP contribution < -0.4 is 4.74 Å². The number of hydrogen-bond donors (Lipinski definition) is 0. The van der Waals surface area contributed by atoms with Crippen LogP contribution in [-0.2, 0) is 6.54 Å². The smallest absolute Gasteiger partial charge is 0.253 e. The zero-order valence-electron chi connectivity index (χ0n) is 15.9. The molecule has 1 aliphatic rings. The van der Waals surface area contributed by atoms with Gasteiger partial charge in [-0.1, -0.05) is 12.8 Å². The van der Waals surface area contributed by atoms with Gasteiger partial charge in [0.2, 0.25) is 0 Å². The van der Waals surface area contributed by atoms with Crippen molar-refractivity contribution in [2.24, 2.45) is 0 Å². The van der Waals surface area contributed by atoms with E-state index in [2.05, 4.69) is 11.9 Å². The van der Waals surface area contributed by atoms with Crippen LogP contribution in [0.2, 0.25) is 0 Å². The third-order valence-electron chi connectivity index (χ3n) is 5.40. The number of amides is 1. The van der Waals surface area contributed by atoms with E-state index < -0.39 is 0 Å². The van der Waals surface area contributed by atoms with Crippen molar-refractivity contribution >= 4 is 5.91 Å². The monoisotopic (exact) mass is 356 g/mol. The molecule has 0 spiro atoms. The predicted octanol–water partition coefficient (Wildman–Crippen LogP) is 3.80.